The van der Waals surface area contributed by atoms with E-state index in [1.54, 1.807) is 6.08 Å². The Hall–Kier alpha value is -0.670. The summed E-state index contributed by atoms with van der Waals surface area (Å²) >= 11 is 0. The first kappa shape index (κ1) is 11.8. The Morgan fingerprint density at radius 1 is 1.38 bits per heavy atom. The van der Waals surface area contributed by atoms with Gasteiger partial charge in [-0.15, -0.1) is 0 Å². The van der Waals surface area contributed by atoms with Gasteiger partial charge in [0, 0.05) is 11.8 Å². The highest BCUT2D eigenvalue weighted by Gasteiger charge is 2.29. The molecule has 0 aromatic heterocycles. The van der Waals surface area contributed by atoms with Crippen LogP contribution in [0.25, 0.3) is 0 Å². The van der Waals surface area contributed by atoms with Gasteiger partial charge in [0.1, 0.15) is 0 Å². The predicted molar refractivity (Wildman–Crippen MR) is 60.5 cm³/mol. The molecule has 0 bridgehead atoms. The van der Waals surface area contributed by atoms with Gasteiger partial charge in [-0.1, -0.05) is 18.2 Å². The Balaban J connectivity index is 1.81. The zero-order chi connectivity index (χ0) is 11.4. The van der Waals surface area contributed by atoms with E-state index in [0.717, 1.165) is 26.1 Å². The summed E-state index contributed by atoms with van der Waals surface area (Å²) in [7, 11) is 0. The molecule has 90 valence electrons. The van der Waals surface area contributed by atoms with Crippen LogP contribution in [-0.2, 0) is 9.47 Å². The maximum Gasteiger partial charge on any atom is 0.160 e. The molecule has 1 aliphatic carbocycles. The van der Waals surface area contributed by atoms with Crippen LogP contribution < -0.4 is 0 Å². The van der Waals surface area contributed by atoms with Gasteiger partial charge in [0.25, 0.3) is 0 Å². The molecule has 0 amide bonds. The molecule has 0 N–H and O–H groups in total. The minimum absolute atomic E-state index is 0.0128. The SMILES string of the molecule is C/C=C/[C@H]1CO[C@H](C2CC=C(F)CC2)OC1. The van der Waals surface area contributed by atoms with Crippen LogP contribution in [0.5, 0.6) is 0 Å². The molecule has 3 heteroatoms. The van der Waals surface area contributed by atoms with Gasteiger partial charge in [0.2, 0.25) is 0 Å². The monoisotopic (exact) mass is 226 g/mol. The first-order valence-electron chi connectivity index (χ1n) is 6.00. The van der Waals surface area contributed by atoms with Crippen molar-refractivity contribution in [2.45, 2.75) is 32.5 Å². The zero-order valence-electron chi connectivity index (χ0n) is 9.69. The number of rotatable bonds is 2. The molecule has 2 nitrogen and oxygen atoms in total. The van der Waals surface area contributed by atoms with Crippen LogP contribution in [0.1, 0.15) is 26.2 Å². The second-order valence-corrected chi connectivity index (χ2v) is 4.51. The lowest BCUT2D eigenvalue weighted by atomic mass is 9.92. The molecule has 1 aliphatic heterocycles. The average Bonchev–Trinajstić information content (AvgIpc) is 2.32. The number of hydrogen-bond donors (Lipinski definition) is 0. The van der Waals surface area contributed by atoms with Crippen molar-refractivity contribution >= 4 is 0 Å². The Morgan fingerprint density at radius 2 is 2.12 bits per heavy atom. The number of halogens is 1. The summed E-state index contributed by atoms with van der Waals surface area (Å²) in [4.78, 5) is 0. The zero-order valence-corrected chi connectivity index (χ0v) is 9.69. The lowest BCUT2D eigenvalue weighted by molar-refractivity contribution is -0.219. The molecule has 2 aliphatic rings. The maximum atomic E-state index is 12.9. The first-order valence-corrected chi connectivity index (χ1v) is 6.00. The van der Waals surface area contributed by atoms with Crippen LogP contribution in [0.15, 0.2) is 24.1 Å². The Labute approximate surface area is 96.1 Å². The fourth-order valence-electron chi connectivity index (χ4n) is 2.26. The fraction of sp³-hybridized carbons (Fsp3) is 0.692. The molecule has 1 heterocycles. The molecule has 0 saturated carbocycles. The van der Waals surface area contributed by atoms with E-state index in [9.17, 15) is 4.39 Å². The maximum absolute atomic E-state index is 12.9. The molecule has 0 spiro atoms. The molecule has 16 heavy (non-hydrogen) atoms. The van der Waals surface area contributed by atoms with Crippen LogP contribution in [0.4, 0.5) is 4.39 Å². The van der Waals surface area contributed by atoms with Crippen molar-refractivity contribution in [3.63, 3.8) is 0 Å². The standard InChI is InChI=1S/C13H19FO2/c1-2-3-10-8-15-13(16-9-10)11-4-6-12(14)7-5-11/h2-3,6,10-11,13H,4-5,7-9H2,1H3/b3-2+/t10-,11?,13-. The van der Waals surface area contributed by atoms with E-state index in [4.69, 9.17) is 9.47 Å². The molecule has 2 rings (SSSR count). The summed E-state index contributed by atoms with van der Waals surface area (Å²) in [5, 5.41) is 0. The first-order chi connectivity index (χ1) is 7.79. The van der Waals surface area contributed by atoms with E-state index in [-0.39, 0.29) is 12.1 Å². The van der Waals surface area contributed by atoms with E-state index in [2.05, 4.69) is 6.08 Å². The second kappa shape index (κ2) is 5.60. The lowest BCUT2D eigenvalue weighted by Gasteiger charge is -2.34. The van der Waals surface area contributed by atoms with Crippen molar-refractivity contribution in [1.29, 1.82) is 0 Å². The van der Waals surface area contributed by atoms with Gasteiger partial charge in [-0.25, -0.2) is 4.39 Å². The van der Waals surface area contributed by atoms with Gasteiger partial charge in [-0.05, 0) is 26.2 Å². The third-order valence-electron chi connectivity index (χ3n) is 3.19. The molecule has 0 aromatic rings. The van der Waals surface area contributed by atoms with Gasteiger partial charge in [0.15, 0.2) is 6.29 Å². The Kier molecular flexibility index (Phi) is 4.13. The number of hydrogen-bond acceptors (Lipinski definition) is 2. The molecule has 1 fully saturated rings. The summed E-state index contributed by atoms with van der Waals surface area (Å²) in [6.07, 6.45) is 7.77. The van der Waals surface area contributed by atoms with Crippen molar-refractivity contribution < 1.29 is 13.9 Å². The minimum atomic E-state index is -0.133. The normalized spacial score (nSPS) is 36.4. The summed E-state index contributed by atoms with van der Waals surface area (Å²) in [6, 6.07) is 0. The number of allylic oxidation sites excluding steroid dienone is 3. The van der Waals surface area contributed by atoms with Crippen molar-refractivity contribution in [3.8, 4) is 0 Å². The van der Waals surface area contributed by atoms with Gasteiger partial charge in [-0.2, -0.15) is 0 Å². The molecule has 1 unspecified atom stereocenters. The predicted octanol–water partition coefficient (Wildman–Crippen LogP) is 3.21. The lowest BCUT2D eigenvalue weighted by Crippen LogP contribution is -2.36. The highest BCUT2D eigenvalue weighted by Crippen LogP contribution is 2.30. The van der Waals surface area contributed by atoms with Crippen molar-refractivity contribution in [3.05, 3.63) is 24.1 Å². The van der Waals surface area contributed by atoms with Crippen LogP contribution in [0.3, 0.4) is 0 Å². The van der Waals surface area contributed by atoms with Crippen LogP contribution in [0, 0.1) is 11.8 Å². The van der Waals surface area contributed by atoms with Crippen molar-refractivity contribution in [2.75, 3.05) is 13.2 Å². The van der Waals surface area contributed by atoms with Crippen LogP contribution in [0.2, 0.25) is 0 Å². The van der Waals surface area contributed by atoms with Crippen LogP contribution >= 0.6 is 0 Å². The molecule has 1 saturated heterocycles. The fourth-order valence-corrected chi connectivity index (χ4v) is 2.26. The summed E-state index contributed by atoms with van der Waals surface area (Å²) in [5.41, 5.74) is 0. The third-order valence-corrected chi connectivity index (χ3v) is 3.19. The Bertz CT molecular complexity index is 278. The molecule has 0 aromatic carbocycles. The topological polar surface area (TPSA) is 18.5 Å². The van der Waals surface area contributed by atoms with E-state index in [0.29, 0.717) is 18.3 Å². The highest BCUT2D eigenvalue weighted by molar-refractivity contribution is 4.99. The average molecular weight is 226 g/mol. The minimum Gasteiger partial charge on any atom is -0.352 e. The Morgan fingerprint density at radius 3 is 2.69 bits per heavy atom. The van der Waals surface area contributed by atoms with Gasteiger partial charge in [0.05, 0.1) is 19.0 Å². The van der Waals surface area contributed by atoms with Gasteiger partial charge >= 0.3 is 0 Å². The smallest absolute Gasteiger partial charge is 0.160 e. The second-order valence-electron chi connectivity index (χ2n) is 4.51. The molecular weight excluding hydrogens is 207 g/mol. The third kappa shape index (κ3) is 2.92. The van der Waals surface area contributed by atoms with E-state index >= 15 is 0 Å². The summed E-state index contributed by atoms with van der Waals surface area (Å²) in [5.74, 6) is 0.710. The summed E-state index contributed by atoms with van der Waals surface area (Å²) < 4.78 is 24.2. The highest BCUT2D eigenvalue weighted by atomic mass is 19.1. The van der Waals surface area contributed by atoms with E-state index < -0.39 is 0 Å². The largest absolute Gasteiger partial charge is 0.352 e. The van der Waals surface area contributed by atoms with Gasteiger partial charge < -0.3 is 9.47 Å². The summed E-state index contributed by atoms with van der Waals surface area (Å²) in [6.45, 7) is 3.44. The number of ether oxygens (including phenoxy) is 2. The van der Waals surface area contributed by atoms with E-state index in [1.807, 2.05) is 13.0 Å². The van der Waals surface area contributed by atoms with E-state index in [1.165, 1.54) is 0 Å². The quantitative estimate of drug-likeness (QED) is 0.673. The molecule has 0 radical (unpaired) electrons. The van der Waals surface area contributed by atoms with Gasteiger partial charge in [-0.3, -0.25) is 0 Å². The molecule has 1 atom stereocenters. The van der Waals surface area contributed by atoms with Crippen molar-refractivity contribution in [2.24, 2.45) is 11.8 Å². The van der Waals surface area contributed by atoms with Crippen LogP contribution in [-0.4, -0.2) is 19.5 Å². The molecular formula is C13H19FO2. The van der Waals surface area contributed by atoms with Crippen molar-refractivity contribution in [1.82, 2.24) is 0 Å².